The number of nitrogens with one attached hydrogen (secondary N) is 1. The highest BCUT2D eigenvalue weighted by Gasteiger charge is 2.14. The molecule has 0 aliphatic carbocycles. The van der Waals surface area contributed by atoms with E-state index < -0.39 is 0 Å². The van der Waals surface area contributed by atoms with Crippen molar-refractivity contribution < 1.29 is 4.74 Å². The summed E-state index contributed by atoms with van der Waals surface area (Å²) >= 11 is 0. The maximum Gasteiger partial charge on any atom is 0.120 e. The van der Waals surface area contributed by atoms with Crippen molar-refractivity contribution in [1.82, 2.24) is 5.32 Å². The minimum atomic E-state index is 0.400. The maximum absolute atomic E-state index is 5.93. The summed E-state index contributed by atoms with van der Waals surface area (Å²) in [6, 6.07) is 15.0. The lowest BCUT2D eigenvalue weighted by atomic mass is 10.0. The van der Waals surface area contributed by atoms with Gasteiger partial charge in [-0.3, -0.25) is 0 Å². The summed E-state index contributed by atoms with van der Waals surface area (Å²) in [6.45, 7) is 5.18. The van der Waals surface area contributed by atoms with Gasteiger partial charge in [-0.15, -0.1) is 0 Å². The van der Waals surface area contributed by atoms with Crippen LogP contribution < -0.4 is 10.1 Å². The lowest BCUT2D eigenvalue weighted by molar-refractivity contribution is 0.228. The predicted octanol–water partition coefficient (Wildman–Crippen LogP) is 3.85. The average molecular weight is 257 g/mol. The second-order valence-corrected chi connectivity index (χ2v) is 5.10. The van der Waals surface area contributed by atoms with Crippen LogP contribution >= 0.6 is 0 Å². The van der Waals surface area contributed by atoms with Crippen molar-refractivity contribution in [2.75, 3.05) is 13.7 Å². The quantitative estimate of drug-likeness (QED) is 0.848. The minimum absolute atomic E-state index is 0.400. The van der Waals surface area contributed by atoms with Crippen LogP contribution in [0, 0.1) is 5.92 Å². The summed E-state index contributed by atoms with van der Waals surface area (Å²) in [5.41, 5.74) is 0. The third-order valence-corrected chi connectivity index (χ3v) is 3.85. The molecule has 0 fully saturated rings. The molecular weight excluding hydrogens is 234 g/mol. The van der Waals surface area contributed by atoms with Gasteiger partial charge in [0.05, 0.1) is 0 Å². The lowest BCUT2D eigenvalue weighted by Gasteiger charge is -2.22. The zero-order chi connectivity index (χ0) is 13.7. The van der Waals surface area contributed by atoms with Gasteiger partial charge in [0.2, 0.25) is 0 Å². The molecule has 0 bridgehead atoms. The van der Waals surface area contributed by atoms with E-state index >= 15 is 0 Å². The molecule has 0 amide bonds. The lowest BCUT2D eigenvalue weighted by Crippen LogP contribution is -2.37. The molecule has 2 rings (SSSR count). The number of likely N-dealkylation sites (N-methyl/N-ethyl adjacent to an activating group) is 1. The monoisotopic (exact) mass is 257 g/mol. The highest BCUT2D eigenvalue weighted by molar-refractivity contribution is 5.83. The van der Waals surface area contributed by atoms with Crippen LogP contribution in [0.3, 0.4) is 0 Å². The molecule has 102 valence electrons. The van der Waals surface area contributed by atoms with Crippen molar-refractivity contribution in [3.8, 4) is 5.75 Å². The molecule has 0 aromatic heterocycles. The van der Waals surface area contributed by atoms with Crippen molar-refractivity contribution in [2.45, 2.75) is 26.3 Å². The number of hydrogen-bond acceptors (Lipinski definition) is 2. The smallest absolute Gasteiger partial charge is 0.120 e. The molecule has 0 saturated carbocycles. The summed E-state index contributed by atoms with van der Waals surface area (Å²) in [5, 5.41) is 5.81. The van der Waals surface area contributed by atoms with E-state index in [1.165, 1.54) is 10.8 Å². The fraction of sp³-hybridized carbons (Fsp3) is 0.412. The molecule has 0 aliphatic rings. The first kappa shape index (κ1) is 13.9. The summed E-state index contributed by atoms with van der Waals surface area (Å²) in [5.74, 6) is 1.56. The molecule has 0 heterocycles. The van der Waals surface area contributed by atoms with Crippen LogP contribution in [-0.4, -0.2) is 19.7 Å². The molecule has 0 saturated heterocycles. The van der Waals surface area contributed by atoms with Crippen LogP contribution in [0.2, 0.25) is 0 Å². The second kappa shape index (κ2) is 6.58. The molecule has 1 N–H and O–H groups in total. The number of hydrogen-bond donors (Lipinski definition) is 1. The Bertz CT molecular complexity index is 523. The average Bonchev–Trinajstić information content (AvgIpc) is 2.47. The summed E-state index contributed by atoms with van der Waals surface area (Å²) in [6.07, 6.45) is 1.16. The molecule has 2 nitrogen and oxygen atoms in total. The van der Waals surface area contributed by atoms with E-state index in [-0.39, 0.29) is 0 Å². The molecule has 2 aromatic rings. The predicted molar refractivity (Wildman–Crippen MR) is 81.7 cm³/mol. The summed E-state index contributed by atoms with van der Waals surface area (Å²) in [4.78, 5) is 0. The van der Waals surface area contributed by atoms with Gasteiger partial charge in [-0.25, -0.2) is 0 Å². The first-order chi connectivity index (χ1) is 9.24. The highest BCUT2D eigenvalue weighted by atomic mass is 16.5. The van der Waals surface area contributed by atoms with E-state index in [2.05, 4.69) is 55.6 Å². The molecule has 2 unspecified atom stereocenters. The third-order valence-electron chi connectivity index (χ3n) is 3.85. The maximum atomic E-state index is 5.93. The number of fused-ring (bicyclic) bond motifs is 1. The zero-order valence-corrected chi connectivity index (χ0v) is 12.0. The molecular formula is C17H23NO. The number of ether oxygens (including phenoxy) is 1. The van der Waals surface area contributed by atoms with Crippen LogP contribution in [0.5, 0.6) is 5.75 Å². The van der Waals surface area contributed by atoms with E-state index in [4.69, 9.17) is 4.74 Å². The number of benzene rings is 2. The van der Waals surface area contributed by atoms with Gasteiger partial charge in [0, 0.05) is 6.04 Å². The fourth-order valence-electron chi connectivity index (χ4n) is 2.26. The van der Waals surface area contributed by atoms with E-state index in [0.29, 0.717) is 18.6 Å². The molecule has 0 spiro atoms. The van der Waals surface area contributed by atoms with Gasteiger partial charge in [-0.2, -0.15) is 0 Å². The SMILES string of the molecule is CCC(C)C(COc1ccc2ccccc2c1)NC. The molecule has 2 aromatic carbocycles. The van der Waals surface area contributed by atoms with E-state index in [1.54, 1.807) is 0 Å². The molecule has 2 heteroatoms. The van der Waals surface area contributed by atoms with Crippen LogP contribution in [-0.2, 0) is 0 Å². The Morgan fingerprint density at radius 1 is 1.11 bits per heavy atom. The van der Waals surface area contributed by atoms with E-state index in [0.717, 1.165) is 12.2 Å². The Morgan fingerprint density at radius 2 is 1.84 bits per heavy atom. The Balaban J connectivity index is 2.04. The van der Waals surface area contributed by atoms with Crippen LogP contribution in [0.25, 0.3) is 10.8 Å². The number of rotatable bonds is 6. The Kier molecular flexibility index (Phi) is 4.80. The van der Waals surface area contributed by atoms with Crippen molar-refractivity contribution >= 4 is 10.8 Å². The molecule has 19 heavy (non-hydrogen) atoms. The van der Waals surface area contributed by atoms with Crippen LogP contribution in [0.15, 0.2) is 42.5 Å². The van der Waals surface area contributed by atoms with Crippen LogP contribution in [0.4, 0.5) is 0 Å². The molecule has 2 atom stereocenters. The second-order valence-electron chi connectivity index (χ2n) is 5.10. The van der Waals surface area contributed by atoms with E-state index in [9.17, 15) is 0 Å². The standard InChI is InChI=1S/C17H23NO/c1-4-13(2)17(18-3)12-19-16-10-9-14-7-5-6-8-15(14)11-16/h5-11,13,17-18H,4,12H2,1-3H3. The largest absolute Gasteiger partial charge is 0.492 e. The fourth-order valence-corrected chi connectivity index (χ4v) is 2.26. The normalized spacial score (nSPS) is 14.3. The minimum Gasteiger partial charge on any atom is -0.492 e. The molecule has 0 radical (unpaired) electrons. The van der Waals surface area contributed by atoms with Gasteiger partial charge >= 0.3 is 0 Å². The van der Waals surface area contributed by atoms with E-state index in [1.807, 2.05) is 13.1 Å². The Hall–Kier alpha value is -1.54. The van der Waals surface area contributed by atoms with Gasteiger partial charge in [0.1, 0.15) is 12.4 Å². The van der Waals surface area contributed by atoms with Crippen molar-refractivity contribution in [3.63, 3.8) is 0 Å². The summed E-state index contributed by atoms with van der Waals surface area (Å²) in [7, 11) is 2.00. The first-order valence-electron chi connectivity index (χ1n) is 7.03. The van der Waals surface area contributed by atoms with Gasteiger partial charge in [-0.1, -0.05) is 50.6 Å². The van der Waals surface area contributed by atoms with Crippen molar-refractivity contribution in [1.29, 1.82) is 0 Å². The van der Waals surface area contributed by atoms with Gasteiger partial charge < -0.3 is 10.1 Å². The molecule has 0 aliphatic heterocycles. The zero-order valence-electron chi connectivity index (χ0n) is 12.0. The van der Waals surface area contributed by atoms with Crippen LogP contribution in [0.1, 0.15) is 20.3 Å². The van der Waals surface area contributed by atoms with Crippen molar-refractivity contribution in [2.24, 2.45) is 5.92 Å². The van der Waals surface area contributed by atoms with Gasteiger partial charge in [0.15, 0.2) is 0 Å². The third kappa shape index (κ3) is 3.48. The summed E-state index contributed by atoms with van der Waals surface area (Å²) < 4.78 is 5.93. The Morgan fingerprint density at radius 3 is 2.53 bits per heavy atom. The first-order valence-corrected chi connectivity index (χ1v) is 7.03. The topological polar surface area (TPSA) is 21.3 Å². The van der Waals surface area contributed by atoms with Crippen molar-refractivity contribution in [3.05, 3.63) is 42.5 Å². The van der Waals surface area contributed by atoms with Gasteiger partial charge in [-0.05, 0) is 35.9 Å². The highest BCUT2D eigenvalue weighted by Crippen LogP contribution is 2.21. The van der Waals surface area contributed by atoms with Gasteiger partial charge in [0.25, 0.3) is 0 Å². The Labute approximate surface area is 115 Å².